The highest BCUT2D eigenvalue weighted by molar-refractivity contribution is 5.57. The Kier molecular flexibility index (Phi) is 2.76. The molecule has 0 amide bonds. The van der Waals surface area contributed by atoms with Gasteiger partial charge >= 0.3 is 0 Å². The zero-order valence-electron chi connectivity index (χ0n) is 10.2. The van der Waals surface area contributed by atoms with Crippen LogP contribution >= 0.6 is 0 Å². The van der Waals surface area contributed by atoms with Crippen LogP contribution in [0.15, 0.2) is 24.3 Å². The monoisotopic (exact) mass is 245 g/mol. The van der Waals surface area contributed by atoms with Crippen molar-refractivity contribution < 1.29 is 9.84 Å². The van der Waals surface area contributed by atoms with Crippen LogP contribution in [0.4, 0.5) is 0 Å². The molecule has 1 N–H and O–H groups in total. The molecular formula is C13H15N3O2. The molecule has 18 heavy (non-hydrogen) atoms. The first-order valence-electron chi connectivity index (χ1n) is 6.02. The van der Waals surface area contributed by atoms with Crippen molar-refractivity contribution in [3.63, 3.8) is 0 Å². The molecule has 1 unspecified atom stereocenters. The van der Waals surface area contributed by atoms with Gasteiger partial charge in [-0.1, -0.05) is 12.1 Å². The van der Waals surface area contributed by atoms with E-state index in [1.165, 1.54) is 0 Å². The maximum atomic E-state index is 9.61. The lowest BCUT2D eigenvalue weighted by Gasteiger charge is -2.16. The fourth-order valence-corrected chi connectivity index (χ4v) is 2.18. The van der Waals surface area contributed by atoms with Crippen molar-refractivity contribution in [1.29, 1.82) is 0 Å². The van der Waals surface area contributed by atoms with E-state index in [2.05, 4.69) is 10.1 Å². The lowest BCUT2D eigenvalue weighted by molar-refractivity contribution is 0.124. The van der Waals surface area contributed by atoms with Gasteiger partial charge in [0, 0.05) is 12.0 Å². The van der Waals surface area contributed by atoms with Crippen molar-refractivity contribution in [1.82, 2.24) is 14.8 Å². The highest BCUT2D eigenvalue weighted by Gasteiger charge is 2.20. The summed E-state index contributed by atoms with van der Waals surface area (Å²) in [6.07, 6.45) is 1.23. The van der Waals surface area contributed by atoms with Gasteiger partial charge in [0.2, 0.25) is 0 Å². The van der Waals surface area contributed by atoms with Crippen LogP contribution < -0.4 is 4.74 Å². The van der Waals surface area contributed by atoms with Crippen LogP contribution in [0, 0.1) is 0 Å². The fourth-order valence-electron chi connectivity index (χ4n) is 2.18. The van der Waals surface area contributed by atoms with E-state index in [4.69, 9.17) is 4.74 Å². The van der Waals surface area contributed by atoms with Crippen molar-refractivity contribution >= 4 is 0 Å². The predicted octanol–water partition coefficient (Wildman–Crippen LogP) is 1.26. The van der Waals surface area contributed by atoms with Gasteiger partial charge in [0.05, 0.1) is 19.8 Å². The minimum absolute atomic E-state index is 0.308. The Bertz CT molecular complexity index is 565. The molecule has 3 rings (SSSR count). The average molecular weight is 245 g/mol. The van der Waals surface area contributed by atoms with Crippen LogP contribution in [0.5, 0.6) is 5.75 Å². The maximum Gasteiger partial charge on any atom is 0.181 e. The van der Waals surface area contributed by atoms with E-state index in [0.717, 1.165) is 30.0 Å². The smallest absolute Gasteiger partial charge is 0.181 e. The number of hydrogen-bond donors (Lipinski definition) is 1. The summed E-state index contributed by atoms with van der Waals surface area (Å²) in [5.74, 6) is 2.43. The van der Waals surface area contributed by atoms with E-state index in [0.29, 0.717) is 12.4 Å². The molecule has 94 valence electrons. The number of aliphatic hydroxyl groups excluding tert-OH is 1. The van der Waals surface area contributed by atoms with E-state index in [-0.39, 0.29) is 6.10 Å². The van der Waals surface area contributed by atoms with Gasteiger partial charge < -0.3 is 9.84 Å². The minimum Gasteiger partial charge on any atom is -0.497 e. The number of aryl methyl sites for hydroxylation is 1. The van der Waals surface area contributed by atoms with E-state index in [1.807, 2.05) is 24.3 Å². The summed E-state index contributed by atoms with van der Waals surface area (Å²) in [6.45, 7) is 0.534. The quantitative estimate of drug-likeness (QED) is 0.865. The van der Waals surface area contributed by atoms with Crippen molar-refractivity contribution in [2.24, 2.45) is 0 Å². The third-order valence-corrected chi connectivity index (χ3v) is 3.16. The Labute approximate surface area is 105 Å². The SMILES string of the molecule is COc1cccc(-c2nc3n(n2)CC(O)CC3)c1. The van der Waals surface area contributed by atoms with Gasteiger partial charge in [0.25, 0.3) is 0 Å². The molecule has 0 saturated carbocycles. The largest absolute Gasteiger partial charge is 0.497 e. The number of nitrogens with zero attached hydrogens (tertiary/aromatic N) is 3. The summed E-state index contributed by atoms with van der Waals surface area (Å²) in [5, 5.41) is 14.0. The van der Waals surface area contributed by atoms with Gasteiger partial charge in [-0.25, -0.2) is 9.67 Å². The Morgan fingerprint density at radius 2 is 2.33 bits per heavy atom. The molecular weight excluding hydrogens is 230 g/mol. The molecule has 1 aliphatic heterocycles. The van der Waals surface area contributed by atoms with Gasteiger partial charge in [-0.05, 0) is 18.6 Å². The number of aliphatic hydroxyl groups is 1. The molecule has 0 bridgehead atoms. The second-order valence-corrected chi connectivity index (χ2v) is 4.46. The second-order valence-electron chi connectivity index (χ2n) is 4.46. The Morgan fingerprint density at radius 1 is 1.44 bits per heavy atom. The molecule has 0 aliphatic carbocycles. The lowest BCUT2D eigenvalue weighted by Crippen LogP contribution is -2.25. The normalized spacial score (nSPS) is 18.4. The standard InChI is InChI=1S/C13H15N3O2/c1-18-11-4-2-3-9(7-11)13-14-12-6-5-10(17)8-16(12)15-13/h2-4,7,10,17H,5-6,8H2,1H3. The maximum absolute atomic E-state index is 9.61. The number of aromatic nitrogens is 3. The van der Waals surface area contributed by atoms with E-state index >= 15 is 0 Å². The number of ether oxygens (including phenoxy) is 1. The van der Waals surface area contributed by atoms with E-state index in [1.54, 1.807) is 11.8 Å². The van der Waals surface area contributed by atoms with Crippen molar-refractivity contribution in [3.05, 3.63) is 30.1 Å². The molecule has 5 heteroatoms. The number of benzene rings is 1. The van der Waals surface area contributed by atoms with Crippen molar-refractivity contribution in [3.8, 4) is 17.1 Å². The molecule has 2 heterocycles. The molecule has 0 radical (unpaired) electrons. The summed E-state index contributed by atoms with van der Waals surface area (Å²) in [7, 11) is 1.64. The second kappa shape index (κ2) is 4.42. The molecule has 5 nitrogen and oxygen atoms in total. The molecule has 0 fully saturated rings. The molecule has 1 aromatic heterocycles. The third-order valence-electron chi connectivity index (χ3n) is 3.16. The van der Waals surface area contributed by atoms with Crippen molar-refractivity contribution in [2.75, 3.05) is 7.11 Å². The summed E-state index contributed by atoms with van der Waals surface area (Å²) >= 11 is 0. The van der Waals surface area contributed by atoms with Crippen LogP contribution in [0.2, 0.25) is 0 Å². The molecule has 0 spiro atoms. The molecule has 0 saturated heterocycles. The number of methoxy groups -OCH3 is 1. The van der Waals surface area contributed by atoms with Gasteiger partial charge in [-0.3, -0.25) is 0 Å². The first-order valence-corrected chi connectivity index (χ1v) is 6.02. The summed E-state index contributed by atoms with van der Waals surface area (Å²) < 4.78 is 6.99. The first-order chi connectivity index (χ1) is 8.76. The average Bonchev–Trinajstić information content (AvgIpc) is 2.81. The lowest BCUT2D eigenvalue weighted by atomic mass is 10.1. The molecule has 2 aromatic rings. The summed E-state index contributed by atoms with van der Waals surface area (Å²) in [5.41, 5.74) is 0.936. The van der Waals surface area contributed by atoms with Gasteiger partial charge in [-0.2, -0.15) is 5.10 Å². The minimum atomic E-state index is -0.308. The van der Waals surface area contributed by atoms with Crippen molar-refractivity contribution in [2.45, 2.75) is 25.5 Å². The topological polar surface area (TPSA) is 60.2 Å². The zero-order chi connectivity index (χ0) is 12.5. The van der Waals surface area contributed by atoms with E-state index in [9.17, 15) is 5.11 Å². The van der Waals surface area contributed by atoms with E-state index < -0.39 is 0 Å². The number of hydrogen-bond acceptors (Lipinski definition) is 4. The summed E-state index contributed by atoms with van der Waals surface area (Å²) in [6, 6.07) is 7.68. The third kappa shape index (κ3) is 1.97. The Hall–Kier alpha value is -1.88. The zero-order valence-corrected chi connectivity index (χ0v) is 10.2. The highest BCUT2D eigenvalue weighted by Crippen LogP contribution is 2.23. The predicted molar refractivity (Wildman–Crippen MR) is 66.3 cm³/mol. The Balaban J connectivity index is 1.97. The fraction of sp³-hybridized carbons (Fsp3) is 0.385. The highest BCUT2D eigenvalue weighted by atomic mass is 16.5. The van der Waals surface area contributed by atoms with Gasteiger partial charge in [0.15, 0.2) is 5.82 Å². The van der Waals surface area contributed by atoms with Crippen LogP contribution in [0.1, 0.15) is 12.2 Å². The summed E-state index contributed by atoms with van der Waals surface area (Å²) in [4.78, 5) is 4.52. The van der Waals surface area contributed by atoms with Gasteiger partial charge in [0.1, 0.15) is 11.6 Å². The van der Waals surface area contributed by atoms with Crippen LogP contribution in [0.3, 0.4) is 0 Å². The first kappa shape index (κ1) is 11.2. The number of rotatable bonds is 2. The molecule has 1 aliphatic rings. The van der Waals surface area contributed by atoms with Crippen LogP contribution in [0.25, 0.3) is 11.4 Å². The molecule has 1 aromatic carbocycles. The molecule has 1 atom stereocenters. The Morgan fingerprint density at radius 3 is 3.17 bits per heavy atom. The van der Waals surface area contributed by atoms with Crippen LogP contribution in [-0.2, 0) is 13.0 Å². The van der Waals surface area contributed by atoms with Crippen LogP contribution in [-0.4, -0.2) is 33.1 Å². The van der Waals surface area contributed by atoms with Gasteiger partial charge in [-0.15, -0.1) is 0 Å². The number of fused-ring (bicyclic) bond motifs is 1.